The summed E-state index contributed by atoms with van der Waals surface area (Å²) in [6.45, 7) is 0. The molecule has 6 heteroatoms. The molecule has 1 aromatic carbocycles. The normalized spacial score (nSPS) is 10.3. The van der Waals surface area contributed by atoms with E-state index in [0.29, 0.717) is 10.4 Å². The van der Waals surface area contributed by atoms with Gasteiger partial charge in [-0.15, -0.1) is 0 Å². The largest absolute Gasteiger partial charge is 0.324 e. The van der Waals surface area contributed by atoms with Crippen LogP contribution in [0.15, 0.2) is 36.4 Å². The Hall–Kier alpha value is -2.08. The number of thiophene rings is 1. The maximum Gasteiger partial charge on any atom is 0.324 e. The van der Waals surface area contributed by atoms with Gasteiger partial charge in [0.2, 0.25) is 0 Å². The molecule has 18 heavy (non-hydrogen) atoms. The van der Waals surface area contributed by atoms with Gasteiger partial charge in [-0.05, 0) is 23.8 Å². The second-order valence-corrected chi connectivity index (χ2v) is 4.68. The van der Waals surface area contributed by atoms with Gasteiger partial charge in [-0.25, -0.2) is 4.39 Å². The molecule has 0 saturated heterocycles. The highest BCUT2D eigenvalue weighted by Gasteiger charge is 2.15. The van der Waals surface area contributed by atoms with E-state index in [2.05, 4.69) is 0 Å². The molecule has 92 valence electrons. The van der Waals surface area contributed by atoms with Gasteiger partial charge in [0.1, 0.15) is 5.82 Å². The van der Waals surface area contributed by atoms with Gasteiger partial charge < -0.3 is 0 Å². The zero-order valence-corrected chi connectivity index (χ0v) is 9.95. The fraction of sp³-hybridized carbons (Fsp3) is 0.0833. The molecule has 0 aliphatic carbocycles. The van der Waals surface area contributed by atoms with Gasteiger partial charge >= 0.3 is 5.00 Å². The number of halogens is 1. The Morgan fingerprint density at radius 2 is 1.89 bits per heavy atom. The van der Waals surface area contributed by atoms with Crippen LogP contribution in [0.25, 0.3) is 0 Å². The van der Waals surface area contributed by atoms with Crippen molar-refractivity contribution in [3.8, 4) is 0 Å². The third-order valence-corrected chi connectivity index (χ3v) is 3.40. The lowest BCUT2D eigenvalue weighted by Crippen LogP contribution is -2.00. The molecule has 2 aromatic rings. The van der Waals surface area contributed by atoms with E-state index in [1.807, 2.05) is 0 Å². The van der Waals surface area contributed by atoms with Crippen LogP contribution in [-0.4, -0.2) is 10.7 Å². The van der Waals surface area contributed by atoms with Crippen LogP contribution < -0.4 is 0 Å². The minimum Gasteiger partial charge on any atom is -0.293 e. The zero-order valence-electron chi connectivity index (χ0n) is 9.13. The Balaban J connectivity index is 2.11. The molecular weight excluding hydrogens is 257 g/mol. The SMILES string of the molecule is O=C(Cc1ccc(F)cc1)c1ccc([N+](=O)[O-])s1. The van der Waals surface area contributed by atoms with Crippen molar-refractivity contribution in [2.75, 3.05) is 0 Å². The molecule has 0 bridgehead atoms. The van der Waals surface area contributed by atoms with E-state index in [1.165, 1.54) is 36.4 Å². The smallest absolute Gasteiger partial charge is 0.293 e. The molecule has 0 radical (unpaired) electrons. The molecule has 0 saturated carbocycles. The predicted molar refractivity (Wildman–Crippen MR) is 65.4 cm³/mol. The minimum absolute atomic E-state index is 0.0579. The molecule has 0 amide bonds. The molecule has 0 fully saturated rings. The quantitative estimate of drug-likeness (QED) is 0.484. The summed E-state index contributed by atoms with van der Waals surface area (Å²) in [6, 6.07) is 8.35. The topological polar surface area (TPSA) is 60.2 Å². The number of carbonyl (C=O) groups is 1. The van der Waals surface area contributed by atoms with Crippen LogP contribution in [0.5, 0.6) is 0 Å². The molecule has 0 atom stereocenters. The van der Waals surface area contributed by atoms with Crippen molar-refractivity contribution in [3.63, 3.8) is 0 Å². The van der Waals surface area contributed by atoms with E-state index in [-0.39, 0.29) is 23.0 Å². The molecule has 1 aromatic heterocycles. The monoisotopic (exact) mass is 265 g/mol. The van der Waals surface area contributed by atoms with Gasteiger partial charge in [0.15, 0.2) is 5.78 Å². The van der Waals surface area contributed by atoms with E-state index in [0.717, 1.165) is 11.3 Å². The zero-order chi connectivity index (χ0) is 13.1. The first-order valence-corrected chi connectivity index (χ1v) is 5.90. The molecule has 1 heterocycles. The third kappa shape index (κ3) is 2.78. The van der Waals surface area contributed by atoms with Crippen LogP contribution in [0.4, 0.5) is 9.39 Å². The highest BCUT2D eigenvalue weighted by atomic mass is 32.1. The van der Waals surface area contributed by atoms with E-state index >= 15 is 0 Å². The second kappa shape index (κ2) is 5.05. The molecule has 0 unspecified atom stereocenters. The number of carbonyl (C=O) groups excluding carboxylic acids is 1. The Labute approximate surface area is 106 Å². The van der Waals surface area contributed by atoms with E-state index < -0.39 is 4.92 Å². The Morgan fingerprint density at radius 3 is 2.44 bits per heavy atom. The molecule has 2 rings (SSSR count). The first-order valence-electron chi connectivity index (χ1n) is 5.08. The molecule has 0 N–H and O–H groups in total. The summed E-state index contributed by atoms with van der Waals surface area (Å²) in [5, 5.41) is 10.4. The number of nitrogens with zero attached hydrogens (tertiary/aromatic N) is 1. The van der Waals surface area contributed by atoms with Gasteiger partial charge in [-0.3, -0.25) is 14.9 Å². The van der Waals surface area contributed by atoms with Crippen LogP contribution in [0.2, 0.25) is 0 Å². The van der Waals surface area contributed by atoms with Gasteiger partial charge in [0, 0.05) is 12.5 Å². The maximum absolute atomic E-state index is 12.7. The molecular formula is C12H8FNO3S. The summed E-state index contributed by atoms with van der Waals surface area (Å²) >= 11 is 0.849. The van der Waals surface area contributed by atoms with Crippen molar-refractivity contribution >= 4 is 22.1 Å². The summed E-state index contributed by atoms with van der Waals surface area (Å²) in [5.74, 6) is -0.572. The first-order chi connectivity index (χ1) is 8.56. The van der Waals surface area contributed by atoms with Gasteiger partial charge in [-0.2, -0.15) is 0 Å². The fourth-order valence-corrected chi connectivity index (χ4v) is 2.21. The van der Waals surface area contributed by atoms with Crippen molar-refractivity contribution in [2.45, 2.75) is 6.42 Å². The first kappa shape index (κ1) is 12.4. The van der Waals surface area contributed by atoms with E-state index in [4.69, 9.17) is 0 Å². The molecule has 0 spiro atoms. The lowest BCUT2D eigenvalue weighted by atomic mass is 10.1. The fourth-order valence-electron chi connectivity index (χ4n) is 1.45. The number of hydrogen-bond acceptors (Lipinski definition) is 4. The lowest BCUT2D eigenvalue weighted by molar-refractivity contribution is -0.380. The van der Waals surface area contributed by atoms with Crippen LogP contribution >= 0.6 is 11.3 Å². The average Bonchev–Trinajstić information content (AvgIpc) is 2.81. The standard InChI is InChI=1S/C12H8FNO3S/c13-9-3-1-8(2-4-9)7-10(15)11-5-6-12(18-11)14(16)17/h1-6H,7H2. The van der Waals surface area contributed by atoms with Gasteiger partial charge in [-0.1, -0.05) is 23.5 Å². The van der Waals surface area contributed by atoms with Crippen molar-refractivity contribution in [1.29, 1.82) is 0 Å². The Kier molecular flexibility index (Phi) is 3.47. The number of hydrogen-bond donors (Lipinski definition) is 0. The highest BCUT2D eigenvalue weighted by molar-refractivity contribution is 7.17. The number of benzene rings is 1. The second-order valence-electron chi connectivity index (χ2n) is 3.62. The van der Waals surface area contributed by atoms with Crippen LogP contribution in [0, 0.1) is 15.9 Å². The predicted octanol–water partition coefficient (Wildman–Crippen LogP) is 3.22. The maximum atomic E-state index is 12.7. The third-order valence-electron chi connectivity index (χ3n) is 2.32. The van der Waals surface area contributed by atoms with Crippen molar-refractivity contribution in [2.24, 2.45) is 0 Å². The molecule has 0 aliphatic rings. The van der Waals surface area contributed by atoms with Crippen molar-refractivity contribution < 1.29 is 14.1 Å². The Morgan fingerprint density at radius 1 is 1.22 bits per heavy atom. The molecule has 4 nitrogen and oxygen atoms in total. The lowest BCUT2D eigenvalue weighted by Gasteiger charge is -1.98. The van der Waals surface area contributed by atoms with E-state index in [9.17, 15) is 19.3 Å². The minimum atomic E-state index is -0.528. The summed E-state index contributed by atoms with van der Waals surface area (Å²) in [5.41, 5.74) is 0.678. The number of rotatable bonds is 4. The van der Waals surface area contributed by atoms with Crippen LogP contribution in [0.3, 0.4) is 0 Å². The van der Waals surface area contributed by atoms with Crippen LogP contribution in [0.1, 0.15) is 15.2 Å². The summed E-state index contributed by atoms with van der Waals surface area (Å²) in [7, 11) is 0. The number of nitro groups is 1. The van der Waals surface area contributed by atoms with Crippen LogP contribution in [-0.2, 0) is 6.42 Å². The van der Waals surface area contributed by atoms with Gasteiger partial charge in [0.05, 0.1) is 9.80 Å². The summed E-state index contributed by atoms with van der Waals surface area (Å²) in [4.78, 5) is 22.1. The Bertz CT molecular complexity index is 592. The highest BCUT2D eigenvalue weighted by Crippen LogP contribution is 2.25. The molecule has 0 aliphatic heterocycles. The van der Waals surface area contributed by atoms with E-state index in [1.54, 1.807) is 0 Å². The average molecular weight is 265 g/mol. The summed E-state index contributed by atoms with van der Waals surface area (Å²) in [6.07, 6.45) is 0.109. The number of Topliss-reactive ketones (excluding diaryl/α,β-unsaturated/α-hetero) is 1. The van der Waals surface area contributed by atoms with Crippen molar-refractivity contribution in [3.05, 3.63) is 62.8 Å². The van der Waals surface area contributed by atoms with Gasteiger partial charge in [0.25, 0.3) is 0 Å². The van der Waals surface area contributed by atoms with Crippen molar-refractivity contribution in [1.82, 2.24) is 0 Å². The number of ketones is 1. The summed E-state index contributed by atoms with van der Waals surface area (Å²) < 4.78 is 12.7.